The van der Waals surface area contributed by atoms with Crippen LogP contribution in [0.25, 0.3) is 0 Å². The van der Waals surface area contributed by atoms with Crippen LogP contribution in [0.15, 0.2) is 17.1 Å². The molecule has 2 saturated heterocycles. The Kier molecular flexibility index (Phi) is 4.56. The first-order valence-electron chi connectivity index (χ1n) is 9.49. The normalized spacial score (nSPS) is 24.6. The second-order valence-electron chi connectivity index (χ2n) is 8.27. The van der Waals surface area contributed by atoms with Crippen molar-refractivity contribution in [3.05, 3.63) is 22.8 Å². The number of carbonyl (C=O) groups excluding carboxylic acids is 2. The van der Waals surface area contributed by atoms with Gasteiger partial charge in [-0.3, -0.25) is 14.3 Å². The van der Waals surface area contributed by atoms with E-state index in [9.17, 15) is 9.59 Å². The number of aromatic nitrogens is 2. The molecule has 27 heavy (non-hydrogen) atoms. The zero-order valence-electron chi connectivity index (χ0n) is 15.9. The topological polar surface area (TPSA) is 61.7 Å². The van der Waals surface area contributed by atoms with Crippen molar-refractivity contribution in [1.82, 2.24) is 19.6 Å². The lowest BCUT2D eigenvalue weighted by atomic mass is 9.60. The largest absolute Gasteiger partial charge is 0.348 e. The van der Waals surface area contributed by atoms with Crippen molar-refractivity contribution in [2.24, 2.45) is 5.41 Å². The number of piperazine rings is 1. The zero-order valence-corrected chi connectivity index (χ0v) is 17.5. The van der Waals surface area contributed by atoms with Crippen LogP contribution < -0.4 is 4.90 Å². The summed E-state index contributed by atoms with van der Waals surface area (Å²) in [7, 11) is 0. The second kappa shape index (κ2) is 6.65. The van der Waals surface area contributed by atoms with Crippen LogP contribution >= 0.6 is 15.9 Å². The standard InChI is InChI=1S/C19H26BrN5O2/c1-4-16(27)23-10-19(11-23)7-15(8-19)25-14(3)17(20)18(21-25)24-6-5-22(12-26)9-13(24)2/h4,12-13,15H,1,5-11H2,2-3H3. The summed E-state index contributed by atoms with van der Waals surface area (Å²) >= 11 is 3.74. The van der Waals surface area contributed by atoms with Crippen LogP contribution in [0, 0.1) is 12.3 Å². The molecule has 146 valence electrons. The van der Waals surface area contributed by atoms with Gasteiger partial charge in [0.15, 0.2) is 5.82 Å². The Morgan fingerprint density at radius 1 is 1.33 bits per heavy atom. The highest BCUT2D eigenvalue weighted by molar-refractivity contribution is 9.10. The maximum absolute atomic E-state index is 11.7. The number of hydrogen-bond donors (Lipinski definition) is 0. The number of nitrogens with zero attached hydrogens (tertiary/aromatic N) is 5. The molecule has 7 nitrogen and oxygen atoms in total. The molecule has 1 spiro atoms. The molecule has 1 unspecified atom stereocenters. The van der Waals surface area contributed by atoms with E-state index in [-0.39, 0.29) is 17.4 Å². The fourth-order valence-electron chi connectivity index (χ4n) is 4.84. The van der Waals surface area contributed by atoms with Crippen LogP contribution in [-0.4, -0.2) is 70.7 Å². The molecule has 8 heteroatoms. The molecule has 0 bridgehead atoms. The lowest BCUT2D eigenvalue weighted by Crippen LogP contribution is -2.63. The maximum atomic E-state index is 11.7. The summed E-state index contributed by atoms with van der Waals surface area (Å²) in [5.74, 6) is 1.01. The molecular formula is C19H26BrN5O2. The molecule has 0 radical (unpaired) electrons. The quantitative estimate of drug-likeness (QED) is 0.535. The third-order valence-electron chi connectivity index (χ3n) is 6.36. The van der Waals surface area contributed by atoms with Gasteiger partial charge in [0, 0.05) is 44.2 Å². The Morgan fingerprint density at radius 2 is 2.04 bits per heavy atom. The average Bonchev–Trinajstić information content (AvgIpc) is 2.87. The first kappa shape index (κ1) is 18.5. The fourth-order valence-corrected chi connectivity index (χ4v) is 5.33. The highest BCUT2D eigenvalue weighted by Crippen LogP contribution is 2.54. The van der Waals surface area contributed by atoms with Gasteiger partial charge in [-0.15, -0.1) is 0 Å². The van der Waals surface area contributed by atoms with Crippen molar-refractivity contribution in [3.8, 4) is 0 Å². The Bertz CT molecular complexity index is 777. The van der Waals surface area contributed by atoms with Crippen LogP contribution in [0.4, 0.5) is 5.82 Å². The molecule has 0 aromatic carbocycles. The molecule has 1 aliphatic carbocycles. The Morgan fingerprint density at radius 3 is 2.63 bits per heavy atom. The summed E-state index contributed by atoms with van der Waals surface area (Å²) in [5, 5.41) is 4.94. The van der Waals surface area contributed by atoms with E-state index in [1.54, 1.807) is 0 Å². The number of hydrogen-bond acceptors (Lipinski definition) is 4. The summed E-state index contributed by atoms with van der Waals surface area (Å²) in [5.41, 5.74) is 1.42. The molecule has 0 N–H and O–H groups in total. The van der Waals surface area contributed by atoms with E-state index in [0.717, 1.165) is 68.0 Å². The minimum absolute atomic E-state index is 0.0350. The Labute approximate surface area is 168 Å². The first-order chi connectivity index (χ1) is 12.9. The fraction of sp³-hybridized carbons (Fsp3) is 0.632. The van der Waals surface area contributed by atoms with Crippen molar-refractivity contribution in [3.63, 3.8) is 0 Å². The molecular weight excluding hydrogens is 410 g/mol. The van der Waals surface area contributed by atoms with Crippen LogP contribution in [0.1, 0.15) is 31.5 Å². The van der Waals surface area contributed by atoms with Gasteiger partial charge in [-0.25, -0.2) is 0 Å². The van der Waals surface area contributed by atoms with Gasteiger partial charge in [-0.1, -0.05) is 6.58 Å². The highest BCUT2D eigenvalue weighted by atomic mass is 79.9. The smallest absolute Gasteiger partial charge is 0.245 e. The van der Waals surface area contributed by atoms with E-state index in [1.165, 1.54) is 6.08 Å². The predicted molar refractivity (Wildman–Crippen MR) is 107 cm³/mol. The van der Waals surface area contributed by atoms with Gasteiger partial charge in [0.25, 0.3) is 0 Å². The number of anilines is 1. The molecule has 1 aromatic heterocycles. The van der Waals surface area contributed by atoms with E-state index in [1.807, 2.05) is 9.80 Å². The zero-order chi connectivity index (χ0) is 19.3. The van der Waals surface area contributed by atoms with Gasteiger partial charge in [0.2, 0.25) is 12.3 Å². The molecule has 3 aliphatic rings. The SMILES string of the molecule is C=CC(=O)N1CC2(CC(n3nc(N4CCN(C=O)CC4C)c(Br)c3C)C2)C1. The number of rotatable bonds is 4. The van der Waals surface area contributed by atoms with Crippen molar-refractivity contribution in [1.29, 1.82) is 0 Å². The molecule has 2 amide bonds. The molecule has 3 heterocycles. The molecule has 1 aromatic rings. The number of amides is 2. The summed E-state index contributed by atoms with van der Waals surface area (Å²) < 4.78 is 3.20. The average molecular weight is 436 g/mol. The van der Waals surface area contributed by atoms with Crippen LogP contribution in [0.2, 0.25) is 0 Å². The van der Waals surface area contributed by atoms with Crippen LogP contribution in [0.5, 0.6) is 0 Å². The summed E-state index contributed by atoms with van der Waals surface area (Å²) in [4.78, 5) is 28.7. The molecule has 3 fully saturated rings. The van der Waals surface area contributed by atoms with Gasteiger partial charge < -0.3 is 14.7 Å². The number of likely N-dealkylation sites (tertiary alicyclic amines) is 1. The number of carbonyl (C=O) groups is 2. The van der Waals surface area contributed by atoms with E-state index < -0.39 is 0 Å². The molecule has 1 saturated carbocycles. The Hall–Kier alpha value is -1.83. The summed E-state index contributed by atoms with van der Waals surface area (Å²) in [6.45, 7) is 11.7. The van der Waals surface area contributed by atoms with Crippen molar-refractivity contribution < 1.29 is 9.59 Å². The van der Waals surface area contributed by atoms with E-state index in [4.69, 9.17) is 5.10 Å². The predicted octanol–water partition coefficient (Wildman–Crippen LogP) is 1.97. The molecule has 1 atom stereocenters. The third-order valence-corrected chi connectivity index (χ3v) is 7.29. The monoisotopic (exact) mass is 435 g/mol. The van der Waals surface area contributed by atoms with E-state index in [2.05, 4.69) is 45.9 Å². The van der Waals surface area contributed by atoms with Gasteiger partial charge in [0.05, 0.1) is 16.2 Å². The van der Waals surface area contributed by atoms with Crippen LogP contribution in [-0.2, 0) is 9.59 Å². The van der Waals surface area contributed by atoms with Gasteiger partial charge in [-0.2, -0.15) is 5.10 Å². The van der Waals surface area contributed by atoms with Crippen molar-refractivity contribution in [2.45, 2.75) is 38.8 Å². The molecule has 4 rings (SSSR count). The minimum atomic E-state index is 0.0350. The van der Waals surface area contributed by atoms with Crippen molar-refractivity contribution >= 4 is 34.1 Å². The summed E-state index contributed by atoms with van der Waals surface area (Å²) in [6, 6.07) is 0.628. The third kappa shape index (κ3) is 2.98. The maximum Gasteiger partial charge on any atom is 0.245 e. The number of halogens is 1. The summed E-state index contributed by atoms with van der Waals surface area (Å²) in [6.07, 6.45) is 4.46. The van der Waals surface area contributed by atoms with E-state index in [0.29, 0.717) is 6.04 Å². The highest BCUT2D eigenvalue weighted by Gasteiger charge is 2.54. The lowest BCUT2D eigenvalue weighted by Gasteiger charge is -2.58. The van der Waals surface area contributed by atoms with Gasteiger partial charge >= 0.3 is 0 Å². The minimum Gasteiger partial charge on any atom is -0.348 e. The Balaban J connectivity index is 1.44. The second-order valence-corrected chi connectivity index (χ2v) is 9.06. The van der Waals surface area contributed by atoms with Crippen LogP contribution in [0.3, 0.4) is 0 Å². The van der Waals surface area contributed by atoms with Crippen molar-refractivity contribution in [2.75, 3.05) is 37.6 Å². The van der Waals surface area contributed by atoms with Gasteiger partial charge in [0.1, 0.15) is 0 Å². The molecule has 2 aliphatic heterocycles. The van der Waals surface area contributed by atoms with Gasteiger partial charge in [-0.05, 0) is 48.7 Å². The van der Waals surface area contributed by atoms with E-state index >= 15 is 0 Å². The lowest BCUT2D eigenvalue weighted by molar-refractivity contribution is -0.149. The first-order valence-corrected chi connectivity index (χ1v) is 10.3.